The van der Waals surface area contributed by atoms with Crippen molar-refractivity contribution in [2.45, 2.75) is 136 Å². The molecular weight excluding hydrogens is 920 g/mol. The third-order valence-electron chi connectivity index (χ3n) is 13.6. The van der Waals surface area contributed by atoms with Gasteiger partial charge >= 0.3 is 24.2 Å². The van der Waals surface area contributed by atoms with Crippen molar-refractivity contribution in [1.29, 1.82) is 0 Å². The number of amides is 2. The van der Waals surface area contributed by atoms with Crippen LogP contribution in [0.5, 0.6) is 0 Å². The average molecular weight is 990 g/mol. The second-order valence-electron chi connectivity index (χ2n) is 21.0. The van der Waals surface area contributed by atoms with Crippen LogP contribution in [0.1, 0.15) is 103 Å². The molecule has 3 fully saturated rings. The van der Waals surface area contributed by atoms with Crippen LogP contribution in [0, 0.1) is 5.41 Å². The van der Waals surface area contributed by atoms with Gasteiger partial charge in [0.05, 0.1) is 43.1 Å². The number of hydrogen-bond donors (Lipinski definition) is 2. The third kappa shape index (κ3) is 13.2. The van der Waals surface area contributed by atoms with Gasteiger partial charge < -0.3 is 33.7 Å². The number of fused-ring (bicyclic) bond motifs is 2. The van der Waals surface area contributed by atoms with E-state index in [1.165, 1.54) is 30.0 Å². The van der Waals surface area contributed by atoms with E-state index in [1.54, 1.807) is 40.0 Å². The van der Waals surface area contributed by atoms with Gasteiger partial charge in [-0.15, -0.1) is 0 Å². The number of alkyl carbamates (subject to hydrolysis) is 1. The summed E-state index contributed by atoms with van der Waals surface area (Å²) in [6.07, 6.45) is 0.494. The molecule has 2 aromatic carbocycles. The van der Waals surface area contributed by atoms with Crippen molar-refractivity contribution in [3.8, 4) is 22.4 Å². The Labute approximate surface area is 414 Å². The molecular formula is C53H70F3N7O8. The minimum Gasteiger partial charge on any atom is -0.468 e. The molecule has 4 atom stereocenters. The monoisotopic (exact) mass is 990 g/mol. The average Bonchev–Trinajstić information content (AvgIpc) is 3.60. The highest BCUT2D eigenvalue weighted by Gasteiger charge is 2.37. The molecule has 0 aliphatic carbocycles. The van der Waals surface area contributed by atoms with Crippen LogP contribution < -0.4 is 15.6 Å². The van der Waals surface area contributed by atoms with E-state index in [1.807, 2.05) is 63.4 Å². The first-order valence-corrected chi connectivity index (χ1v) is 24.6. The Morgan fingerprint density at radius 3 is 2.38 bits per heavy atom. The van der Waals surface area contributed by atoms with Crippen LogP contribution in [0.2, 0.25) is 0 Å². The summed E-state index contributed by atoms with van der Waals surface area (Å²) in [4.78, 5) is 61.8. The van der Waals surface area contributed by atoms with Crippen molar-refractivity contribution in [3.63, 3.8) is 0 Å². The Balaban J connectivity index is 1.35. The molecule has 386 valence electrons. The van der Waals surface area contributed by atoms with Crippen molar-refractivity contribution in [1.82, 2.24) is 30.2 Å². The molecule has 7 rings (SSSR count). The van der Waals surface area contributed by atoms with Crippen molar-refractivity contribution in [3.05, 3.63) is 71.5 Å². The Bertz CT molecular complexity index is 2570. The molecule has 3 saturated heterocycles. The van der Waals surface area contributed by atoms with Crippen LogP contribution >= 0.6 is 0 Å². The largest absolute Gasteiger partial charge is 0.468 e. The molecule has 0 bridgehead atoms. The number of alkyl halides is 3. The lowest BCUT2D eigenvalue weighted by Gasteiger charge is -2.45. The van der Waals surface area contributed by atoms with Crippen LogP contribution in [-0.4, -0.2) is 127 Å². The van der Waals surface area contributed by atoms with Gasteiger partial charge in [-0.05, 0) is 107 Å². The van der Waals surface area contributed by atoms with Gasteiger partial charge in [-0.3, -0.25) is 29.3 Å². The lowest BCUT2D eigenvalue weighted by molar-refractivity contribution is -0.150. The number of carbonyl (C=O) groups is 4. The van der Waals surface area contributed by atoms with Crippen LogP contribution in [0.4, 0.5) is 23.7 Å². The fourth-order valence-electron chi connectivity index (χ4n) is 10.1. The minimum absolute atomic E-state index is 0.0221. The van der Waals surface area contributed by atoms with Gasteiger partial charge in [0, 0.05) is 74.6 Å². The van der Waals surface area contributed by atoms with Crippen LogP contribution in [0.25, 0.3) is 33.3 Å². The molecule has 0 unspecified atom stereocenters. The van der Waals surface area contributed by atoms with Crippen LogP contribution in [-0.2, 0) is 52.7 Å². The Kier molecular flexibility index (Phi) is 16.4. The number of ether oxygens (including phenoxy) is 4. The number of methoxy groups -OCH3 is 2. The molecule has 18 heteroatoms. The predicted molar refractivity (Wildman–Crippen MR) is 264 cm³/mol. The van der Waals surface area contributed by atoms with Crippen molar-refractivity contribution in [2.75, 3.05) is 58.5 Å². The number of esters is 2. The first kappa shape index (κ1) is 53.1. The van der Waals surface area contributed by atoms with Gasteiger partial charge in [0.25, 0.3) is 5.91 Å². The van der Waals surface area contributed by atoms with Crippen LogP contribution in [0.15, 0.2) is 54.7 Å². The summed E-state index contributed by atoms with van der Waals surface area (Å²) >= 11 is 0. The first-order chi connectivity index (χ1) is 33.5. The number of halogens is 3. The normalized spacial score (nSPS) is 18.9. The number of aromatic nitrogens is 2. The second-order valence-corrected chi connectivity index (χ2v) is 21.0. The maximum atomic E-state index is 15.1. The lowest BCUT2D eigenvalue weighted by Crippen LogP contribution is -2.60. The first-order valence-electron chi connectivity index (χ1n) is 24.6. The molecule has 0 spiro atoms. The van der Waals surface area contributed by atoms with E-state index in [0.29, 0.717) is 75.5 Å². The number of anilines is 1. The molecule has 3 aliphatic heterocycles. The number of rotatable bonds is 15. The summed E-state index contributed by atoms with van der Waals surface area (Å²) in [5.41, 5.74) is 6.65. The van der Waals surface area contributed by atoms with Crippen molar-refractivity contribution < 1.29 is 51.3 Å². The van der Waals surface area contributed by atoms with Crippen LogP contribution in [0.3, 0.4) is 0 Å². The van der Waals surface area contributed by atoms with Crippen molar-refractivity contribution in [2.24, 2.45) is 5.41 Å². The molecule has 0 radical (unpaired) electrons. The van der Waals surface area contributed by atoms with Gasteiger partial charge in [0.2, 0.25) is 0 Å². The minimum atomic E-state index is -4.61. The van der Waals surface area contributed by atoms with Gasteiger partial charge in [-0.25, -0.2) is 10.2 Å². The highest BCUT2D eigenvalue weighted by molar-refractivity contribution is 5.96. The topological polar surface area (TPSA) is 157 Å². The summed E-state index contributed by atoms with van der Waals surface area (Å²) in [5.74, 6) is -1.45. The molecule has 2 amide bonds. The van der Waals surface area contributed by atoms with Gasteiger partial charge in [-0.2, -0.15) is 13.2 Å². The molecule has 15 nitrogen and oxygen atoms in total. The van der Waals surface area contributed by atoms with E-state index in [-0.39, 0.29) is 19.4 Å². The number of carbonyl (C=O) groups excluding carboxylic acids is 4. The number of hydrazine groups is 1. The second kappa shape index (κ2) is 22.0. The Morgan fingerprint density at radius 1 is 0.915 bits per heavy atom. The lowest BCUT2D eigenvalue weighted by atomic mass is 9.84. The summed E-state index contributed by atoms with van der Waals surface area (Å²) in [5, 5.41) is 4.66. The maximum absolute atomic E-state index is 15.1. The van der Waals surface area contributed by atoms with E-state index in [0.717, 1.165) is 44.7 Å². The number of benzene rings is 2. The number of nitrogens with zero attached hydrogens (tertiary/aromatic N) is 5. The molecule has 2 N–H and O–H groups in total. The molecule has 3 aliphatic rings. The fraction of sp³-hybridized carbons (Fsp3) is 0.566. The predicted octanol–water partition coefficient (Wildman–Crippen LogP) is 8.55. The molecule has 0 saturated carbocycles. The summed E-state index contributed by atoms with van der Waals surface area (Å²) in [6, 6.07) is 13.3. The number of piperidine rings is 1. The zero-order valence-electron chi connectivity index (χ0n) is 42.5. The molecule has 71 heavy (non-hydrogen) atoms. The zero-order chi connectivity index (χ0) is 51.4. The van der Waals surface area contributed by atoms with E-state index in [4.69, 9.17) is 23.9 Å². The highest BCUT2D eigenvalue weighted by atomic mass is 19.4. The van der Waals surface area contributed by atoms with Crippen molar-refractivity contribution >= 4 is 40.5 Å². The zero-order valence-corrected chi connectivity index (χ0v) is 42.5. The van der Waals surface area contributed by atoms with E-state index >= 15 is 13.2 Å². The highest BCUT2D eigenvalue weighted by Crippen LogP contribution is 2.44. The number of nitrogens with one attached hydrogen (secondary N) is 2. The van der Waals surface area contributed by atoms with E-state index < -0.39 is 65.9 Å². The van der Waals surface area contributed by atoms with Gasteiger partial charge in [-0.1, -0.05) is 50.6 Å². The SMILES string of the molecule is COC(=O)[C@@H]1CCCN(C(=O)[C@H](Cc2cccc(-c3ccc4c(c3)c(CC(C)(C)COC(C)=O)c(-c3cc(N5CCN6CCCC[C@@H]6C5)cnc3[C@H](C)OC)n4CC(F)(F)F)c2)NC(=O)OC(C)(C)C)N1. The molecule has 5 heterocycles. The summed E-state index contributed by atoms with van der Waals surface area (Å²) in [7, 11) is 2.83. The quantitative estimate of drug-likeness (QED) is 0.0866. The smallest absolute Gasteiger partial charge is 0.408 e. The third-order valence-corrected chi connectivity index (χ3v) is 13.6. The fourth-order valence-corrected chi connectivity index (χ4v) is 10.1. The molecule has 2 aromatic heterocycles. The number of piperazine rings is 1. The maximum Gasteiger partial charge on any atom is 0.408 e. The van der Waals surface area contributed by atoms with E-state index in [9.17, 15) is 19.2 Å². The number of hydrogen-bond acceptors (Lipinski definition) is 12. The summed E-state index contributed by atoms with van der Waals surface area (Å²) in [6.45, 7) is 14.7. The summed E-state index contributed by atoms with van der Waals surface area (Å²) < 4.78 is 68.4. The van der Waals surface area contributed by atoms with E-state index in [2.05, 4.69) is 20.5 Å². The Morgan fingerprint density at radius 2 is 1.68 bits per heavy atom. The number of pyridine rings is 1. The van der Waals surface area contributed by atoms with Gasteiger partial charge in [0.15, 0.2) is 0 Å². The standard InChI is InChI=1S/C53H70F3N7O8/c1-33(68-8)46-41(27-39(29-57-46)61-23-22-60-20-11-10-16-38(60)30-61)47-42(28-52(6,7)32-70-34(2)64)40-26-37(18-19-45(40)62(47)31-53(54,55)56)36-15-12-14-35(24-36)25-44(58-50(67)71-51(3,4)5)48(65)63-21-13-17-43(59-63)49(66)69-9/h12,14-15,18-19,24,26-27,29,33,38,43-44,59H,10-11,13,16-17,20-23,25,28,30-32H2,1-9H3,(H,58,67)/t33-,38+,43-,44-/m0/s1. The Hall–Kier alpha value is -5.72. The van der Waals surface area contributed by atoms with Gasteiger partial charge in [0.1, 0.15) is 24.2 Å². The molecule has 4 aromatic rings.